The van der Waals surface area contributed by atoms with E-state index in [4.69, 9.17) is 4.74 Å². The molecule has 0 radical (unpaired) electrons. The molecule has 0 bridgehead atoms. The monoisotopic (exact) mass is 439 g/mol. The highest BCUT2D eigenvalue weighted by Gasteiger charge is 2.26. The fraction of sp³-hybridized carbons (Fsp3) is 0.278. The molecule has 0 unspecified atom stereocenters. The SMILES string of the molecule is CS(=O)(=O)Nc1cccc(C(=O)Nc2ccc(S(=O)(=O)N3CCOCC3)cc2)c1. The fourth-order valence-electron chi connectivity index (χ4n) is 2.79. The van der Waals surface area contributed by atoms with Crippen molar-refractivity contribution in [2.45, 2.75) is 4.90 Å². The van der Waals surface area contributed by atoms with Crippen molar-refractivity contribution in [2.24, 2.45) is 0 Å². The van der Waals surface area contributed by atoms with Crippen LogP contribution in [0.1, 0.15) is 10.4 Å². The van der Waals surface area contributed by atoms with E-state index in [1.807, 2.05) is 0 Å². The van der Waals surface area contributed by atoms with Crippen molar-refractivity contribution >= 4 is 37.3 Å². The molecule has 2 N–H and O–H groups in total. The van der Waals surface area contributed by atoms with E-state index in [2.05, 4.69) is 10.0 Å². The van der Waals surface area contributed by atoms with Crippen LogP contribution >= 0.6 is 0 Å². The van der Waals surface area contributed by atoms with Gasteiger partial charge in [-0.25, -0.2) is 16.8 Å². The first-order chi connectivity index (χ1) is 13.6. The fourth-order valence-corrected chi connectivity index (χ4v) is 4.75. The van der Waals surface area contributed by atoms with Crippen LogP contribution in [0.15, 0.2) is 53.4 Å². The van der Waals surface area contributed by atoms with E-state index >= 15 is 0 Å². The number of amides is 1. The van der Waals surface area contributed by atoms with Crippen LogP contribution in [0, 0.1) is 0 Å². The zero-order valence-electron chi connectivity index (χ0n) is 15.7. The van der Waals surface area contributed by atoms with Gasteiger partial charge in [0, 0.05) is 30.0 Å². The van der Waals surface area contributed by atoms with Gasteiger partial charge >= 0.3 is 0 Å². The molecule has 3 rings (SSSR count). The van der Waals surface area contributed by atoms with E-state index in [0.29, 0.717) is 32.0 Å². The highest BCUT2D eigenvalue weighted by atomic mass is 32.2. The summed E-state index contributed by atoms with van der Waals surface area (Å²) < 4.78 is 56.8. The Kier molecular flexibility index (Phi) is 6.22. The Hall–Kier alpha value is -2.47. The second-order valence-electron chi connectivity index (χ2n) is 6.45. The average molecular weight is 440 g/mol. The molecule has 11 heteroatoms. The molecule has 156 valence electrons. The highest BCUT2D eigenvalue weighted by Crippen LogP contribution is 2.20. The van der Waals surface area contributed by atoms with Gasteiger partial charge in [-0.3, -0.25) is 9.52 Å². The highest BCUT2D eigenvalue weighted by molar-refractivity contribution is 7.92. The first-order valence-electron chi connectivity index (χ1n) is 8.72. The molecule has 0 aliphatic carbocycles. The Bertz CT molecular complexity index is 1090. The summed E-state index contributed by atoms with van der Waals surface area (Å²) in [5.41, 5.74) is 0.938. The lowest BCUT2D eigenvalue weighted by molar-refractivity contribution is 0.0730. The number of nitrogens with zero attached hydrogens (tertiary/aromatic N) is 1. The Morgan fingerprint density at radius 3 is 2.24 bits per heavy atom. The van der Waals surface area contributed by atoms with Gasteiger partial charge < -0.3 is 10.1 Å². The van der Waals surface area contributed by atoms with Crippen LogP contribution in [0.4, 0.5) is 11.4 Å². The van der Waals surface area contributed by atoms with Gasteiger partial charge in [-0.2, -0.15) is 4.31 Å². The number of benzene rings is 2. The van der Waals surface area contributed by atoms with Crippen molar-refractivity contribution in [3.63, 3.8) is 0 Å². The maximum Gasteiger partial charge on any atom is 0.255 e. The second-order valence-corrected chi connectivity index (χ2v) is 10.1. The summed E-state index contributed by atoms with van der Waals surface area (Å²) in [6.45, 7) is 1.33. The average Bonchev–Trinajstić information content (AvgIpc) is 2.68. The molecular weight excluding hydrogens is 418 g/mol. The van der Waals surface area contributed by atoms with Gasteiger partial charge in [0.15, 0.2) is 0 Å². The number of hydrogen-bond donors (Lipinski definition) is 2. The van der Waals surface area contributed by atoms with Gasteiger partial charge in [0.05, 0.1) is 24.4 Å². The quantitative estimate of drug-likeness (QED) is 0.700. The number of anilines is 2. The number of hydrogen-bond acceptors (Lipinski definition) is 6. The minimum atomic E-state index is -3.61. The molecule has 1 saturated heterocycles. The standard InChI is InChI=1S/C18H21N3O6S2/c1-28(23,24)20-16-4-2-3-14(13-16)18(22)19-15-5-7-17(8-6-15)29(25,26)21-9-11-27-12-10-21/h2-8,13,20H,9-12H2,1H3,(H,19,22). The van der Waals surface area contributed by atoms with Crippen molar-refractivity contribution < 1.29 is 26.4 Å². The molecule has 2 aromatic carbocycles. The Morgan fingerprint density at radius 1 is 0.966 bits per heavy atom. The molecule has 9 nitrogen and oxygen atoms in total. The summed E-state index contributed by atoms with van der Waals surface area (Å²) in [4.78, 5) is 12.6. The summed E-state index contributed by atoms with van der Waals surface area (Å²) in [6.07, 6.45) is 1.02. The number of carbonyl (C=O) groups excluding carboxylic acids is 1. The number of nitrogens with one attached hydrogen (secondary N) is 2. The molecule has 0 spiro atoms. The molecule has 1 aliphatic rings. The largest absolute Gasteiger partial charge is 0.379 e. The summed E-state index contributed by atoms with van der Waals surface area (Å²) in [5, 5.41) is 2.66. The van der Waals surface area contributed by atoms with Crippen LogP contribution in [0.3, 0.4) is 0 Å². The van der Waals surface area contributed by atoms with E-state index in [1.165, 1.54) is 40.7 Å². The molecular formula is C18H21N3O6S2. The van der Waals surface area contributed by atoms with E-state index in [9.17, 15) is 21.6 Å². The summed E-state index contributed by atoms with van der Waals surface area (Å²) >= 11 is 0. The van der Waals surface area contributed by atoms with Crippen LogP contribution in [0.2, 0.25) is 0 Å². The van der Waals surface area contributed by atoms with Crippen molar-refractivity contribution in [1.29, 1.82) is 0 Å². The first kappa shape index (κ1) is 21.2. The maximum absolute atomic E-state index is 12.6. The predicted molar refractivity (Wildman–Crippen MR) is 109 cm³/mol. The van der Waals surface area contributed by atoms with E-state index in [1.54, 1.807) is 12.1 Å². The summed E-state index contributed by atoms with van der Waals surface area (Å²) in [5.74, 6) is -0.453. The molecule has 0 atom stereocenters. The number of carbonyl (C=O) groups is 1. The van der Waals surface area contributed by atoms with Gasteiger partial charge in [0.25, 0.3) is 5.91 Å². The maximum atomic E-state index is 12.6. The molecule has 0 aromatic heterocycles. The Morgan fingerprint density at radius 2 is 1.62 bits per heavy atom. The number of morpholine rings is 1. The summed E-state index contributed by atoms with van der Waals surface area (Å²) in [6, 6.07) is 11.9. The van der Waals surface area contributed by atoms with Crippen LogP contribution < -0.4 is 10.0 Å². The molecule has 0 saturated carbocycles. The third kappa shape index (κ3) is 5.54. The van der Waals surface area contributed by atoms with E-state index < -0.39 is 26.0 Å². The Labute approximate surface area is 169 Å². The molecule has 1 aliphatic heterocycles. The van der Waals surface area contributed by atoms with Gasteiger partial charge in [-0.15, -0.1) is 0 Å². The number of ether oxygens (including phenoxy) is 1. The third-order valence-corrected chi connectivity index (χ3v) is 6.67. The van der Waals surface area contributed by atoms with Crippen LogP contribution in [0.5, 0.6) is 0 Å². The minimum Gasteiger partial charge on any atom is -0.379 e. The van der Waals surface area contributed by atoms with Crippen LogP contribution in [0.25, 0.3) is 0 Å². The molecule has 1 heterocycles. The minimum absolute atomic E-state index is 0.136. The van der Waals surface area contributed by atoms with Crippen LogP contribution in [-0.4, -0.2) is 59.6 Å². The van der Waals surface area contributed by atoms with Crippen molar-refractivity contribution in [1.82, 2.24) is 4.31 Å². The molecule has 2 aromatic rings. The zero-order valence-corrected chi connectivity index (χ0v) is 17.3. The third-order valence-electron chi connectivity index (χ3n) is 4.15. The van der Waals surface area contributed by atoms with Gasteiger partial charge in [0.2, 0.25) is 20.0 Å². The Balaban J connectivity index is 1.71. The molecule has 1 amide bonds. The molecule has 29 heavy (non-hydrogen) atoms. The normalized spacial score (nSPS) is 15.6. The van der Waals surface area contributed by atoms with Crippen molar-refractivity contribution in [3.05, 3.63) is 54.1 Å². The van der Waals surface area contributed by atoms with Crippen molar-refractivity contribution in [2.75, 3.05) is 42.6 Å². The summed E-state index contributed by atoms with van der Waals surface area (Å²) in [7, 11) is -7.06. The topological polar surface area (TPSA) is 122 Å². The lowest BCUT2D eigenvalue weighted by atomic mass is 10.2. The second kappa shape index (κ2) is 8.49. The predicted octanol–water partition coefficient (Wildman–Crippen LogP) is 1.33. The first-order valence-corrected chi connectivity index (χ1v) is 12.1. The van der Waals surface area contributed by atoms with Gasteiger partial charge in [-0.05, 0) is 42.5 Å². The van der Waals surface area contributed by atoms with E-state index in [-0.39, 0.29) is 16.1 Å². The van der Waals surface area contributed by atoms with Gasteiger partial charge in [-0.1, -0.05) is 6.07 Å². The lowest BCUT2D eigenvalue weighted by Crippen LogP contribution is -2.40. The van der Waals surface area contributed by atoms with Crippen molar-refractivity contribution in [3.8, 4) is 0 Å². The van der Waals surface area contributed by atoms with E-state index in [0.717, 1.165) is 6.26 Å². The van der Waals surface area contributed by atoms with Gasteiger partial charge in [0.1, 0.15) is 0 Å². The molecule has 1 fully saturated rings. The lowest BCUT2D eigenvalue weighted by Gasteiger charge is -2.26. The smallest absolute Gasteiger partial charge is 0.255 e. The van der Waals surface area contributed by atoms with Crippen LogP contribution in [-0.2, 0) is 24.8 Å². The number of sulfonamides is 2. The zero-order chi connectivity index (χ0) is 21.1. The number of rotatable bonds is 6.